The van der Waals surface area contributed by atoms with E-state index in [1.54, 1.807) is 33.1 Å². The van der Waals surface area contributed by atoms with Gasteiger partial charge in [-0.2, -0.15) is 0 Å². The Kier molecular flexibility index (Phi) is 43.6. The monoisotopic (exact) mass is 1560 g/mol. The lowest BCUT2D eigenvalue weighted by Crippen LogP contribution is -2.60. The lowest BCUT2D eigenvalue weighted by molar-refractivity contribution is -0.277. The minimum atomic E-state index is -1.84. The maximum atomic E-state index is 13.8. The smallest absolute Gasteiger partial charge is 0.413 e. The van der Waals surface area contributed by atoms with Crippen LogP contribution in [0.5, 0.6) is 5.75 Å². The number of para-hydroxylation sites is 1. The number of benzene rings is 2. The van der Waals surface area contributed by atoms with E-state index >= 15 is 0 Å². The van der Waals surface area contributed by atoms with Crippen molar-refractivity contribution in [3.63, 3.8) is 0 Å². The molecule has 2 aliphatic rings. The van der Waals surface area contributed by atoms with Gasteiger partial charge in [0.1, 0.15) is 60.8 Å². The van der Waals surface area contributed by atoms with Gasteiger partial charge in [-0.05, 0) is 63.8 Å². The van der Waals surface area contributed by atoms with Crippen LogP contribution in [-0.4, -0.2) is 321 Å². The molecule has 616 valence electrons. The van der Waals surface area contributed by atoms with E-state index in [9.17, 15) is 59.1 Å². The summed E-state index contributed by atoms with van der Waals surface area (Å²) in [6, 6.07) is 10.3. The number of carbonyl (C=O) groups excluding carboxylic acids is 7. The number of fused-ring (bicyclic) bond motifs is 3. The molecule has 0 unspecified atom stereocenters. The van der Waals surface area contributed by atoms with Gasteiger partial charge in [0.25, 0.3) is 11.8 Å². The number of rotatable bonds is 61. The molecule has 10 N–H and O–H groups in total. The highest BCUT2D eigenvalue weighted by molar-refractivity contribution is 6.13. The van der Waals surface area contributed by atoms with Crippen LogP contribution in [0.25, 0.3) is 21.9 Å². The van der Waals surface area contributed by atoms with Crippen LogP contribution in [0.2, 0.25) is 0 Å². The molecule has 2 aliphatic heterocycles. The quantitative estimate of drug-likeness (QED) is 0.0213. The third-order valence-electron chi connectivity index (χ3n) is 16.3. The molecule has 110 heavy (non-hydrogen) atoms. The summed E-state index contributed by atoms with van der Waals surface area (Å²) < 4.78 is 90.0. The molecule has 4 heterocycles. The third kappa shape index (κ3) is 34.6. The Bertz CT molecular complexity index is 3400. The number of carbonyl (C=O) groups is 7. The summed E-state index contributed by atoms with van der Waals surface area (Å²) in [6.07, 6.45) is -6.99. The predicted molar refractivity (Wildman–Crippen MR) is 392 cm³/mol. The van der Waals surface area contributed by atoms with E-state index in [4.69, 9.17) is 80.8 Å². The standard InChI is InChI=1S/C73H111N9O28/c1-5-96-49-58-79-64-65(82(58)50-73(2,3)94)52-10-6-7-11-53(52)78-69(64)80-72(93)108-48-51-13-14-56(109-71-68(91)67(90)66(89)57(47-83)110-71)55(46-51)77-60(85)17-21-75-70(92)54(76-61(86)18-22-81-62(87)15-16-63(81)88)12-8-9-20-74-59(84)19-23-97-26-27-99-30-31-101-34-35-103-38-39-105-42-43-107-45-44-106-41-40-104-37-36-102-33-32-100-29-28-98-25-24-95-4/h6-7,10-11,13-16,46,54,57,66-68,71,83,89-91,94H,5,8-9,12,17-45,47-50H2,1-4H3,(H,74,84)(H,75,92)(H,76,86)(H,77,85)(H,78,80,93)/t54-,57+,66+,67-,68-,71-/m0/s1. The number of aliphatic hydroxyl groups excluding tert-OH is 4. The number of aromatic nitrogens is 3. The number of pyridine rings is 1. The summed E-state index contributed by atoms with van der Waals surface area (Å²) in [5, 5.41) is 66.8. The summed E-state index contributed by atoms with van der Waals surface area (Å²) in [4.78, 5) is 102. The molecule has 0 aliphatic carbocycles. The maximum Gasteiger partial charge on any atom is 0.413 e. The average molecular weight is 1560 g/mol. The highest BCUT2D eigenvalue weighted by Crippen LogP contribution is 2.34. The molecule has 0 bridgehead atoms. The van der Waals surface area contributed by atoms with Crippen molar-refractivity contribution in [2.75, 3.05) is 203 Å². The van der Waals surface area contributed by atoms with Crippen LogP contribution in [0.4, 0.5) is 16.3 Å². The van der Waals surface area contributed by atoms with Crippen molar-refractivity contribution in [3.05, 3.63) is 66.0 Å². The zero-order valence-electron chi connectivity index (χ0n) is 63.2. The topological polar surface area (TPSA) is 462 Å². The van der Waals surface area contributed by atoms with Gasteiger partial charge < -0.3 is 127 Å². The molecule has 37 heteroatoms. The third-order valence-corrected chi connectivity index (χ3v) is 16.3. The lowest BCUT2D eigenvalue weighted by atomic mass is 9.99. The highest BCUT2D eigenvalue weighted by Gasteiger charge is 2.45. The van der Waals surface area contributed by atoms with E-state index in [1.165, 1.54) is 18.2 Å². The van der Waals surface area contributed by atoms with Crippen LogP contribution in [0, 0.1) is 0 Å². The predicted octanol–water partition coefficient (Wildman–Crippen LogP) is 0.570. The van der Waals surface area contributed by atoms with Gasteiger partial charge in [-0.1, -0.05) is 24.3 Å². The Balaban J connectivity index is 0.864. The highest BCUT2D eigenvalue weighted by atomic mass is 16.7. The van der Waals surface area contributed by atoms with Crippen molar-refractivity contribution in [1.29, 1.82) is 0 Å². The zero-order valence-corrected chi connectivity index (χ0v) is 63.2. The number of anilines is 2. The molecule has 37 nitrogen and oxygen atoms in total. The number of imide groups is 1. The molecule has 6 rings (SSSR count). The van der Waals surface area contributed by atoms with Crippen LogP contribution in [-0.2, 0) is 120 Å². The van der Waals surface area contributed by atoms with Crippen LogP contribution >= 0.6 is 0 Å². The van der Waals surface area contributed by atoms with Crippen molar-refractivity contribution in [1.82, 2.24) is 35.4 Å². The van der Waals surface area contributed by atoms with Crippen LogP contribution in [0.3, 0.4) is 0 Å². The number of amides is 7. The Hall–Kier alpha value is -7.61. The summed E-state index contributed by atoms with van der Waals surface area (Å²) in [5.41, 5.74) is 0.448. The van der Waals surface area contributed by atoms with Gasteiger partial charge in [0.05, 0.1) is 187 Å². The zero-order chi connectivity index (χ0) is 79.1. The minimum absolute atomic E-state index is 0.0573. The fourth-order valence-electron chi connectivity index (χ4n) is 10.7. The molecular weight excluding hydrogens is 1450 g/mol. The van der Waals surface area contributed by atoms with Gasteiger partial charge in [-0.15, -0.1) is 0 Å². The first-order valence-corrected chi connectivity index (χ1v) is 36.9. The van der Waals surface area contributed by atoms with Gasteiger partial charge in [0.2, 0.25) is 29.9 Å². The van der Waals surface area contributed by atoms with Crippen LogP contribution in [0.15, 0.2) is 54.6 Å². The lowest BCUT2D eigenvalue weighted by Gasteiger charge is -2.39. The summed E-state index contributed by atoms with van der Waals surface area (Å²) >= 11 is 0. The van der Waals surface area contributed by atoms with Crippen molar-refractivity contribution in [2.24, 2.45) is 0 Å². The number of unbranched alkanes of at least 4 members (excludes halogenated alkanes) is 1. The second-order valence-electron chi connectivity index (χ2n) is 25.5. The number of hydrogen-bond acceptors (Lipinski definition) is 30. The molecule has 6 atom stereocenters. The van der Waals surface area contributed by atoms with Gasteiger partial charge in [0.15, 0.2) is 5.82 Å². The second-order valence-corrected chi connectivity index (χ2v) is 25.5. The Morgan fingerprint density at radius 2 is 1.15 bits per heavy atom. The first-order valence-electron chi connectivity index (χ1n) is 36.9. The molecule has 7 amide bonds. The molecule has 0 radical (unpaired) electrons. The molecule has 2 aromatic carbocycles. The van der Waals surface area contributed by atoms with Gasteiger partial charge in [-0.25, -0.2) is 14.8 Å². The van der Waals surface area contributed by atoms with Gasteiger partial charge in [-0.3, -0.25) is 39.0 Å². The summed E-state index contributed by atoms with van der Waals surface area (Å²) in [6.45, 7) is 14.0. The first-order chi connectivity index (χ1) is 53.3. The number of methoxy groups -OCH3 is 1. The molecule has 1 saturated heterocycles. The van der Waals surface area contributed by atoms with E-state index in [0.29, 0.717) is 179 Å². The number of nitrogens with one attached hydrogen (secondary N) is 5. The van der Waals surface area contributed by atoms with Crippen molar-refractivity contribution in [3.8, 4) is 5.75 Å². The average Bonchev–Trinajstić information content (AvgIpc) is 1.58. The largest absolute Gasteiger partial charge is 0.460 e. The molecular formula is C73H111N9O28. The normalized spacial score (nSPS) is 16.8. The van der Waals surface area contributed by atoms with Crippen molar-refractivity contribution in [2.45, 2.75) is 121 Å². The Morgan fingerprint density at radius 1 is 0.600 bits per heavy atom. The van der Waals surface area contributed by atoms with Crippen molar-refractivity contribution < 1.29 is 135 Å². The number of imidazole rings is 1. The Labute approximate surface area is 638 Å². The van der Waals surface area contributed by atoms with E-state index in [-0.39, 0.29) is 107 Å². The number of ether oxygens (including phenoxy) is 16. The van der Waals surface area contributed by atoms with Crippen molar-refractivity contribution >= 4 is 75.0 Å². The number of hydrogen-bond donors (Lipinski definition) is 10. The van der Waals surface area contributed by atoms with E-state index in [0.717, 1.165) is 17.1 Å². The Morgan fingerprint density at radius 3 is 1.70 bits per heavy atom. The van der Waals surface area contributed by atoms with Gasteiger partial charge in [0, 0.05) is 70.2 Å². The summed E-state index contributed by atoms with van der Waals surface area (Å²) in [7, 11) is 1.63. The molecule has 0 saturated carbocycles. The fourth-order valence-corrected chi connectivity index (χ4v) is 10.7. The fraction of sp³-hybridized carbons (Fsp3) is 0.658. The first kappa shape index (κ1) is 91.3. The van der Waals surface area contributed by atoms with E-state index < -0.39 is 91.2 Å². The SMILES string of the molecule is CCOCc1nc2c(NC(=O)OCc3ccc(O[C@H]4O[C@H](CO)[C@@H](O)[C@H](O)[C@@H]4O)c(NC(=O)CCNC(=O)[C@H](CCCCNC(=O)CCOCCOCCOCCOCCOCCOCCOCCOCCOCCOCCOCCOC)NC(=O)CCN4C(=O)C=CC4=O)c3)nc3ccccc3c2n1CC(C)(C)O. The maximum absolute atomic E-state index is 13.8. The second kappa shape index (κ2) is 52.6. The molecule has 1 fully saturated rings. The molecule has 4 aromatic rings. The van der Waals surface area contributed by atoms with Gasteiger partial charge >= 0.3 is 6.09 Å². The van der Waals surface area contributed by atoms with E-state index in [2.05, 4.69) is 31.6 Å². The molecule has 0 spiro atoms. The number of nitrogens with zero attached hydrogens (tertiary/aromatic N) is 4. The van der Waals surface area contributed by atoms with E-state index in [1.807, 2.05) is 23.6 Å². The van der Waals surface area contributed by atoms with Crippen LogP contribution in [0.1, 0.15) is 70.7 Å². The number of aliphatic hydroxyl groups is 5. The minimum Gasteiger partial charge on any atom is -0.460 e. The van der Waals surface area contributed by atoms with Crippen LogP contribution < -0.4 is 31.3 Å². The molecule has 2 aromatic heterocycles. The summed E-state index contributed by atoms with van der Waals surface area (Å²) in [5.74, 6) is -3.08.